The predicted molar refractivity (Wildman–Crippen MR) is 83.0 cm³/mol. The molecular weight excluding hydrogens is 323 g/mol. The number of carbonyl (C=O) groups is 1. The molecule has 0 bridgehead atoms. The fourth-order valence-electron chi connectivity index (χ4n) is 2.59. The second-order valence-corrected chi connectivity index (χ2v) is 6.04. The van der Waals surface area contributed by atoms with Crippen LogP contribution in [-0.4, -0.2) is 65.7 Å². The van der Waals surface area contributed by atoms with E-state index in [9.17, 15) is 18.0 Å². The topological polar surface area (TPSA) is 45.7 Å². The Kier molecular flexibility index (Phi) is 6.04. The van der Waals surface area contributed by atoms with Gasteiger partial charge in [-0.1, -0.05) is 6.07 Å². The maximum atomic E-state index is 12.5. The summed E-state index contributed by atoms with van der Waals surface area (Å²) in [6, 6.07) is 4.70. The van der Waals surface area contributed by atoms with Gasteiger partial charge in [-0.15, -0.1) is 0 Å². The van der Waals surface area contributed by atoms with E-state index in [-0.39, 0.29) is 17.5 Å². The quantitative estimate of drug-likeness (QED) is 0.841. The zero-order valence-corrected chi connectivity index (χ0v) is 13.8. The highest BCUT2D eigenvalue weighted by molar-refractivity contribution is 5.92. The first-order valence-electron chi connectivity index (χ1n) is 7.96. The molecule has 0 aromatic carbocycles. The molecule has 0 atom stereocenters. The van der Waals surface area contributed by atoms with Crippen molar-refractivity contribution in [3.8, 4) is 5.88 Å². The number of amides is 1. The summed E-state index contributed by atoms with van der Waals surface area (Å²) >= 11 is 0. The molecule has 1 amide bonds. The van der Waals surface area contributed by atoms with Crippen molar-refractivity contribution in [3.05, 3.63) is 23.9 Å². The smallest absolute Gasteiger partial charge is 0.422 e. The molecule has 134 valence electrons. The van der Waals surface area contributed by atoms with Crippen molar-refractivity contribution >= 4 is 5.91 Å². The summed E-state index contributed by atoms with van der Waals surface area (Å²) in [5, 5.41) is 0. The van der Waals surface area contributed by atoms with Crippen LogP contribution in [0, 0.1) is 0 Å². The molecule has 1 aliphatic rings. The van der Waals surface area contributed by atoms with Crippen LogP contribution in [-0.2, 0) is 0 Å². The molecule has 2 heterocycles. The lowest BCUT2D eigenvalue weighted by molar-refractivity contribution is -0.154. The molecule has 0 spiro atoms. The summed E-state index contributed by atoms with van der Waals surface area (Å²) in [6.07, 6.45) is -3.58. The number of pyridine rings is 1. The van der Waals surface area contributed by atoms with E-state index >= 15 is 0 Å². The molecule has 8 heteroatoms. The molecule has 0 radical (unpaired) electrons. The molecule has 24 heavy (non-hydrogen) atoms. The minimum atomic E-state index is -4.44. The maximum Gasteiger partial charge on any atom is 0.422 e. The average Bonchev–Trinajstić information content (AvgIpc) is 2.78. The van der Waals surface area contributed by atoms with Gasteiger partial charge in [-0.2, -0.15) is 13.2 Å². The number of alkyl halides is 3. The Morgan fingerprint density at radius 2 is 2.00 bits per heavy atom. The van der Waals surface area contributed by atoms with Crippen LogP contribution in [0.25, 0.3) is 0 Å². The van der Waals surface area contributed by atoms with E-state index in [0.717, 1.165) is 19.5 Å². The fourth-order valence-corrected chi connectivity index (χ4v) is 2.59. The number of aromatic nitrogens is 1. The van der Waals surface area contributed by atoms with Crippen molar-refractivity contribution in [2.75, 3.05) is 32.8 Å². The second-order valence-electron chi connectivity index (χ2n) is 6.04. The average molecular weight is 345 g/mol. The molecule has 0 unspecified atom stereocenters. The molecule has 1 aromatic rings. The van der Waals surface area contributed by atoms with Gasteiger partial charge in [0.25, 0.3) is 5.91 Å². The molecule has 0 saturated carbocycles. The van der Waals surface area contributed by atoms with Crippen LogP contribution in [0.3, 0.4) is 0 Å². The minimum absolute atomic E-state index is 0.104. The van der Waals surface area contributed by atoms with Crippen LogP contribution in [0.5, 0.6) is 5.88 Å². The number of carbonyl (C=O) groups excluding carboxylic acids is 1. The van der Waals surface area contributed by atoms with Gasteiger partial charge in [0.15, 0.2) is 6.61 Å². The summed E-state index contributed by atoms with van der Waals surface area (Å²) in [6.45, 7) is 5.67. The van der Waals surface area contributed by atoms with Crippen LogP contribution in [0.4, 0.5) is 13.2 Å². The van der Waals surface area contributed by atoms with Gasteiger partial charge in [0.2, 0.25) is 5.88 Å². The van der Waals surface area contributed by atoms with Crippen molar-refractivity contribution < 1.29 is 22.7 Å². The molecule has 1 fully saturated rings. The van der Waals surface area contributed by atoms with Crippen molar-refractivity contribution in [3.63, 3.8) is 0 Å². The Morgan fingerprint density at radius 1 is 1.25 bits per heavy atom. The molecule has 0 N–H and O–H groups in total. The zero-order valence-electron chi connectivity index (χ0n) is 13.8. The SMILES string of the molecule is CC(C)N1CCCN(C(=O)c2cccc(OCC(F)(F)F)n2)CC1. The number of hydrogen-bond acceptors (Lipinski definition) is 4. The zero-order chi connectivity index (χ0) is 17.7. The number of rotatable bonds is 4. The van der Waals surface area contributed by atoms with Crippen molar-refractivity contribution in [1.29, 1.82) is 0 Å². The minimum Gasteiger partial charge on any atom is -0.468 e. The lowest BCUT2D eigenvalue weighted by Gasteiger charge is -2.24. The summed E-state index contributed by atoms with van der Waals surface area (Å²) in [7, 11) is 0. The van der Waals surface area contributed by atoms with Gasteiger partial charge in [0.05, 0.1) is 0 Å². The molecule has 1 aromatic heterocycles. The summed E-state index contributed by atoms with van der Waals surface area (Å²) in [5.74, 6) is -0.477. The van der Waals surface area contributed by atoms with E-state index in [1.165, 1.54) is 18.2 Å². The van der Waals surface area contributed by atoms with E-state index < -0.39 is 12.8 Å². The number of ether oxygens (including phenoxy) is 1. The van der Waals surface area contributed by atoms with Crippen LogP contribution in [0.15, 0.2) is 18.2 Å². The van der Waals surface area contributed by atoms with Gasteiger partial charge in [0.1, 0.15) is 5.69 Å². The Labute approximate surface area is 139 Å². The Bertz CT molecular complexity index is 564. The van der Waals surface area contributed by atoms with Gasteiger partial charge in [0, 0.05) is 38.3 Å². The third-order valence-corrected chi connectivity index (χ3v) is 3.87. The van der Waals surface area contributed by atoms with Crippen LogP contribution in [0.2, 0.25) is 0 Å². The molecule has 1 saturated heterocycles. The lowest BCUT2D eigenvalue weighted by Crippen LogP contribution is -2.37. The third-order valence-electron chi connectivity index (χ3n) is 3.87. The summed E-state index contributed by atoms with van der Waals surface area (Å²) in [4.78, 5) is 20.4. The highest BCUT2D eigenvalue weighted by atomic mass is 19.4. The van der Waals surface area contributed by atoms with Gasteiger partial charge >= 0.3 is 6.18 Å². The van der Waals surface area contributed by atoms with E-state index in [2.05, 4.69) is 28.5 Å². The van der Waals surface area contributed by atoms with Gasteiger partial charge in [-0.3, -0.25) is 9.69 Å². The first-order valence-corrected chi connectivity index (χ1v) is 7.96. The Hall–Kier alpha value is -1.83. The monoisotopic (exact) mass is 345 g/mol. The van der Waals surface area contributed by atoms with Gasteiger partial charge in [-0.05, 0) is 26.3 Å². The van der Waals surface area contributed by atoms with E-state index in [1.54, 1.807) is 4.90 Å². The number of nitrogens with zero attached hydrogens (tertiary/aromatic N) is 3. The molecule has 2 rings (SSSR count). The lowest BCUT2D eigenvalue weighted by atomic mass is 10.3. The third kappa shape index (κ3) is 5.36. The van der Waals surface area contributed by atoms with Crippen molar-refractivity contribution in [2.24, 2.45) is 0 Å². The highest BCUT2D eigenvalue weighted by Gasteiger charge is 2.29. The van der Waals surface area contributed by atoms with E-state index in [0.29, 0.717) is 19.1 Å². The molecule has 1 aliphatic heterocycles. The maximum absolute atomic E-state index is 12.5. The number of halogens is 3. The Morgan fingerprint density at radius 3 is 2.67 bits per heavy atom. The van der Waals surface area contributed by atoms with Crippen molar-refractivity contribution in [1.82, 2.24) is 14.8 Å². The molecule has 0 aliphatic carbocycles. The highest BCUT2D eigenvalue weighted by Crippen LogP contribution is 2.18. The summed E-state index contributed by atoms with van der Waals surface area (Å²) < 4.78 is 41.2. The first-order chi connectivity index (χ1) is 11.3. The standard InChI is InChI=1S/C16H22F3N3O2/c1-12(2)21-7-4-8-22(10-9-21)15(23)13-5-3-6-14(20-13)24-11-16(17,18)19/h3,5-6,12H,4,7-11H2,1-2H3. The van der Waals surface area contributed by atoms with Gasteiger partial charge < -0.3 is 9.64 Å². The largest absolute Gasteiger partial charge is 0.468 e. The first kappa shape index (κ1) is 18.5. The van der Waals surface area contributed by atoms with E-state index in [1.807, 2.05) is 0 Å². The molecule has 5 nitrogen and oxygen atoms in total. The number of hydrogen-bond donors (Lipinski definition) is 0. The van der Waals surface area contributed by atoms with E-state index in [4.69, 9.17) is 0 Å². The summed E-state index contributed by atoms with van der Waals surface area (Å²) in [5.41, 5.74) is 0.104. The van der Waals surface area contributed by atoms with Crippen LogP contribution >= 0.6 is 0 Å². The second kappa shape index (κ2) is 7.83. The predicted octanol–water partition coefficient (Wildman–Crippen LogP) is 2.58. The Balaban J connectivity index is 2.01. The normalized spacial score (nSPS) is 17.0. The van der Waals surface area contributed by atoms with Gasteiger partial charge in [-0.25, -0.2) is 4.98 Å². The van der Waals surface area contributed by atoms with Crippen molar-refractivity contribution in [2.45, 2.75) is 32.5 Å². The van der Waals surface area contributed by atoms with Crippen LogP contribution < -0.4 is 4.74 Å². The molecular formula is C16H22F3N3O2. The fraction of sp³-hybridized carbons (Fsp3) is 0.625. The van der Waals surface area contributed by atoms with Crippen LogP contribution in [0.1, 0.15) is 30.8 Å².